The Kier molecular flexibility index (Phi) is 4.92. The molecule has 0 aliphatic heterocycles. The van der Waals surface area contributed by atoms with Gasteiger partial charge >= 0.3 is 0 Å². The van der Waals surface area contributed by atoms with Crippen molar-refractivity contribution in [1.82, 2.24) is 4.83 Å². The van der Waals surface area contributed by atoms with Crippen LogP contribution in [0.1, 0.15) is 24.5 Å². The lowest BCUT2D eigenvalue weighted by molar-refractivity contribution is 0.584. The van der Waals surface area contributed by atoms with E-state index in [9.17, 15) is 12.8 Å². The molecule has 0 radical (unpaired) electrons. The largest absolute Gasteiger partial charge is 0.276 e. The molecule has 0 heterocycles. The normalized spacial score (nSPS) is 12.2. The lowest BCUT2D eigenvalue weighted by Crippen LogP contribution is -2.20. The van der Waals surface area contributed by atoms with Gasteiger partial charge in [0.15, 0.2) is 0 Å². The van der Waals surface area contributed by atoms with Gasteiger partial charge in [0.25, 0.3) is 10.0 Å². The van der Waals surface area contributed by atoms with Crippen molar-refractivity contribution in [2.75, 3.05) is 0 Å². The van der Waals surface area contributed by atoms with Gasteiger partial charge in [-0.05, 0) is 31.5 Å². The SMILES string of the molecule is CC/C(=N/NS(=O)(=O)c1ccc(C)cc1)c1ccccc1F. The Hall–Kier alpha value is -2.21. The van der Waals surface area contributed by atoms with Crippen molar-refractivity contribution in [2.45, 2.75) is 25.2 Å². The van der Waals surface area contributed by atoms with E-state index in [2.05, 4.69) is 9.93 Å². The number of aryl methyl sites for hydroxylation is 1. The van der Waals surface area contributed by atoms with Crippen LogP contribution >= 0.6 is 0 Å². The predicted molar refractivity (Wildman–Crippen MR) is 84.7 cm³/mol. The molecular weight excluding hydrogens is 303 g/mol. The van der Waals surface area contributed by atoms with Crippen molar-refractivity contribution >= 4 is 15.7 Å². The average molecular weight is 320 g/mol. The summed E-state index contributed by atoms with van der Waals surface area (Å²) < 4.78 is 38.1. The van der Waals surface area contributed by atoms with Crippen LogP contribution in [0, 0.1) is 12.7 Å². The summed E-state index contributed by atoms with van der Waals surface area (Å²) in [5, 5.41) is 3.88. The zero-order valence-electron chi connectivity index (χ0n) is 12.4. The van der Waals surface area contributed by atoms with Gasteiger partial charge in [0.05, 0.1) is 10.6 Å². The summed E-state index contributed by atoms with van der Waals surface area (Å²) in [5.41, 5.74) is 1.59. The van der Waals surface area contributed by atoms with Crippen LogP contribution in [0.25, 0.3) is 0 Å². The summed E-state index contributed by atoms with van der Waals surface area (Å²) in [4.78, 5) is 2.28. The van der Waals surface area contributed by atoms with Crippen LogP contribution in [-0.2, 0) is 10.0 Å². The fourth-order valence-electron chi connectivity index (χ4n) is 1.91. The number of hydrogen-bond donors (Lipinski definition) is 1. The number of benzene rings is 2. The molecule has 0 amide bonds. The molecule has 0 saturated carbocycles. The first-order valence-corrected chi connectivity index (χ1v) is 8.32. The maximum atomic E-state index is 13.8. The van der Waals surface area contributed by atoms with E-state index in [4.69, 9.17) is 0 Å². The highest BCUT2D eigenvalue weighted by molar-refractivity contribution is 7.89. The maximum absolute atomic E-state index is 13.8. The highest BCUT2D eigenvalue weighted by Crippen LogP contribution is 2.12. The van der Waals surface area contributed by atoms with Crippen molar-refractivity contribution in [2.24, 2.45) is 5.10 Å². The molecule has 4 nitrogen and oxygen atoms in total. The zero-order chi connectivity index (χ0) is 16.2. The van der Waals surface area contributed by atoms with Crippen LogP contribution in [-0.4, -0.2) is 14.1 Å². The number of hydrazone groups is 1. The molecule has 2 rings (SSSR count). The van der Waals surface area contributed by atoms with Gasteiger partial charge in [-0.25, -0.2) is 4.39 Å². The molecule has 0 aliphatic carbocycles. The third-order valence-corrected chi connectivity index (χ3v) is 4.38. The summed E-state index contributed by atoms with van der Waals surface area (Å²) in [6.07, 6.45) is 0.400. The van der Waals surface area contributed by atoms with Gasteiger partial charge in [0, 0.05) is 5.56 Å². The van der Waals surface area contributed by atoms with E-state index >= 15 is 0 Å². The summed E-state index contributed by atoms with van der Waals surface area (Å²) in [6.45, 7) is 3.65. The Bertz CT molecular complexity index is 784. The molecular formula is C16H17FN2O2S. The molecule has 0 aliphatic rings. The molecule has 0 saturated heterocycles. The molecule has 0 fully saturated rings. The van der Waals surface area contributed by atoms with Gasteiger partial charge < -0.3 is 0 Å². The minimum Gasteiger partial charge on any atom is -0.206 e. The summed E-state index contributed by atoms with van der Waals surface area (Å²) in [6, 6.07) is 12.5. The zero-order valence-corrected chi connectivity index (χ0v) is 13.2. The second-order valence-corrected chi connectivity index (χ2v) is 6.46. The number of sulfonamides is 1. The highest BCUT2D eigenvalue weighted by atomic mass is 32.2. The molecule has 0 unspecified atom stereocenters. The van der Waals surface area contributed by atoms with Crippen LogP contribution in [0.2, 0.25) is 0 Å². The first kappa shape index (κ1) is 16.2. The Balaban J connectivity index is 2.28. The van der Waals surface area contributed by atoms with Gasteiger partial charge in [-0.2, -0.15) is 18.4 Å². The van der Waals surface area contributed by atoms with E-state index in [-0.39, 0.29) is 10.5 Å². The number of hydrogen-bond acceptors (Lipinski definition) is 3. The third kappa shape index (κ3) is 3.71. The first-order chi connectivity index (χ1) is 10.4. The molecule has 22 heavy (non-hydrogen) atoms. The average Bonchev–Trinajstić information content (AvgIpc) is 2.50. The van der Waals surface area contributed by atoms with Gasteiger partial charge in [0.2, 0.25) is 0 Å². The first-order valence-electron chi connectivity index (χ1n) is 6.84. The van der Waals surface area contributed by atoms with E-state index in [1.54, 1.807) is 37.3 Å². The molecule has 2 aromatic carbocycles. The molecule has 1 N–H and O–H groups in total. The van der Waals surface area contributed by atoms with Crippen LogP contribution in [0.15, 0.2) is 58.5 Å². The Labute approximate surface area is 129 Å². The Morgan fingerprint density at radius 3 is 2.36 bits per heavy atom. The summed E-state index contributed by atoms with van der Waals surface area (Å²) in [5.74, 6) is -0.433. The van der Waals surface area contributed by atoms with E-state index in [1.165, 1.54) is 18.2 Å². The van der Waals surface area contributed by atoms with Crippen LogP contribution < -0.4 is 4.83 Å². The topological polar surface area (TPSA) is 58.5 Å². The monoisotopic (exact) mass is 320 g/mol. The van der Waals surface area contributed by atoms with E-state index in [1.807, 2.05) is 6.92 Å². The molecule has 0 atom stereocenters. The van der Waals surface area contributed by atoms with Crippen molar-refractivity contribution in [3.63, 3.8) is 0 Å². The minimum atomic E-state index is -3.76. The van der Waals surface area contributed by atoms with E-state index in [0.717, 1.165) is 5.56 Å². The van der Waals surface area contributed by atoms with Gasteiger partial charge in [-0.1, -0.05) is 42.8 Å². The lowest BCUT2D eigenvalue weighted by atomic mass is 10.1. The summed E-state index contributed by atoms with van der Waals surface area (Å²) >= 11 is 0. The number of halogens is 1. The van der Waals surface area contributed by atoms with Crippen LogP contribution in [0.3, 0.4) is 0 Å². The van der Waals surface area contributed by atoms with Gasteiger partial charge in [-0.15, -0.1) is 0 Å². The van der Waals surface area contributed by atoms with Crippen molar-refractivity contribution in [1.29, 1.82) is 0 Å². The Morgan fingerprint density at radius 1 is 1.14 bits per heavy atom. The molecule has 2 aromatic rings. The van der Waals surface area contributed by atoms with Crippen molar-refractivity contribution in [3.05, 3.63) is 65.5 Å². The molecule has 116 valence electrons. The van der Waals surface area contributed by atoms with Gasteiger partial charge in [0.1, 0.15) is 5.82 Å². The second-order valence-electron chi connectivity index (χ2n) is 4.80. The smallest absolute Gasteiger partial charge is 0.206 e. The second kappa shape index (κ2) is 6.70. The number of nitrogens with zero attached hydrogens (tertiary/aromatic N) is 1. The predicted octanol–water partition coefficient (Wildman–Crippen LogP) is 3.23. The van der Waals surface area contributed by atoms with E-state index in [0.29, 0.717) is 12.1 Å². The fourth-order valence-corrected chi connectivity index (χ4v) is 2.74. The quantitative estimate of drug-likeness (QED) is 0.679. The molecule has 0 bridgehead atoms. The van der Waals surface area contributed by atoms with Gasteiger partial charge in [-0.3, -0.25) is 0 Å². The third-order valence-electron chi connectivity index (χ3n) is 3.15. The minimum absolute atomic E-state index is 0.117. The molecule has 0 aromatic heterocycles. The molecule has 6 heteroatoms. The standard InChI is InChI=1S/C16H17FN2O2S/c1-3-16(14-6-4-5-7-15(14)17)18-19-22(20,21)13-10-8-12(2)9-11-13/h4-11,19H,3H2,1-2H3/b18-16-. The summed E-state index contributed by atoms with van der Waals surface area (Å²) in [7, 11) is -3.76. The molecule has 0 spiro atoms. The lowest BCUT2D eigenvalue weighted by Gasteiger charge is -2.08. The number of rotatable bonds is 5. The van der Waals surface area contributed by atoms with Crippen molar-refractivity contribution < 1.29 is 12.8 Å². The highest BCUT2D eigenvalue weighted by Gasteiger charge is 2.14. The maximum Gasteiger partial charge on any atom is 0.276 e. The number of nitrogens with one attached hydrogen (secondary N) is 1. The van der Waals surface area contributed by atoms with Crippen LogP contribution in [0.5, 0.6) is 0 Å². The van der Waals surface area contributed by atoms with Crippen molar-refractivity contribution in [3.8, 4) is 0 Å². The Morgan fingerprint density at radius 2 is 1.77 bits per heavy atom. The van der Waals surface area contributed by atoms with Crippen LogP contribution in [0.4, 0.5) is 4.39 Å². The fraction of sp³-hybridized carbons (Fsp3) is 0.188. The van der Waals surface area contributed by atoms with E-state index < -0.39 is 15.8 Å².